The molecule has 0 aliphatic heterocycles. The fourth-order valence-electron chi connectivity index (χ4n) is 1.52. The Morgan fingerprint density at radius 3 is 2.67 bits per heavy atom. The summed E-state index contributed by atoms with van der Waals surface area (Å²) in [5.74, 6) is 0.497. The van der Waals surface area contributed by atoms with Crippen molar-refractivity contribution in [1.29, 1.82) is 0 Å². The van der Waals surface area contributed by atoms with Crippen molar-refractivity contribution in [2.75, 3.05) is 13.1 Å². The van der Waals surface area contributed by atoms with E-state index in [0.717, 1.165) is 5.56 Å². The van der Waals surface area contributed by atoms with Crippen LogP contribution in [0.5, 0.6) is 0 Å². The van der Waals surface area contributed by atoms with E-state index >= 15 is 0 Å². The third-order valence-corrected chi connectivity index (χ3v) is 2.86. The van der Waals surface area contributed by atoms with Crippen LogP contribution in [0.1, 0.15) is 32.4 Å². The van der Waals surface area contributed by atoms with Crippen LogP contribution in [-0.4, -0.2) is 19.0 Å². The van der Waals surface area contributed by atoms with Crippen molar-refractivity contribution < 1.29 is 4.79 Å². The molecule has 0 aromatic heterocycles. The molecule has 1 atom stereocenters. The van der Waals surface area contributed by atoms with E-state index in [-0.39, 0.29) is 11.9 Å². The molecule has 0 aliphatic carbocycles. The van der Waals surface area contributed by atoms with Crippen LogP contribution in [0, 0.1) is 5.92 Å². The quantitative estimate of drug-likeness (QED) is 0.833. The van der Waals surface area contributed by atoms with Crippen LogP contribution >= 0.6 is 11.6 Å². The molecule has 0 unspecified atom stereocenters. The Kier molecular flexibility index (Phi) is 6.16. The first-order chi connectivity index (χ1) is 8.49. The second-order valence-electron chi connectivity index (χ2n) is 4.86. The first kappa shape index (κ1) is 15.0. The van der Waals surface area contributed by atoms with Gasteiger partial charge in [-0.15, -0.1) is 0 Å². The van der Waals surface area contributed by atoms with Gasteiger partial charge in [-0.3, -0.25) is 4.79 Å². The minimum Gasteiger partial charge on any atom is -0.355 e. The lowest BCUT2D eigenvalue weighted by atomic mass is 10.1. The van der Waals surface area contributed by atoms with Crippen LogP contribution < -0.4 is 10.6 Å². The Morgan fingerprint density at radius 1 is 1.33 bits per heavy atom. The molecule has 0 fully saturated rings. The number of hydrogen-bond donors (Lipinski definition) is 2. The molecule has 0 spiro atoms. The predicted molar refractivity (Wildman–Crippen MR) is 75.7 cm³/mol. The van der Waals surface area contributed by atoms with Gasteiger partial charge in [0, 0.05) is 17.6 Å². The van der Waals surface area contributed by atoms with Gasteiger partial charge in [0.2, 0.25) is 5.91 Å². The van der Waals surface area contributed by atoms with Crippen molar-refractivity contribution in [2.45, 2.75) is 26.8 Å². The SMILES string of the molecule is CC(C)CNC(=O)CN[C@H](C)c1cccc(Cl)c1. The van der Waals surface area contributed by atoms with Crippen LogP contribution in [0.4, 0.5) is 0 Å². The number of carbonyl (C=O) groups excluding carboxylic acids is 1. The molecule has 0 bridgehead atoms. The zero-order chi connectivity index (χ0) is 13.5. The highest BCUT2D eigenvalue weighted by Gasteiger charge is 2.08. The smallest absolute Gasteiger partial charge is 0.233 e. The molecule has 1 aromatic rings. The topological polar surface area (TPSA) is 41.1 Å². The van der Waals surface area contributed by atoms with Crippen molar-refractivity contribution >= 4 is 17.5 Å². The van der Waals surface area contributed by atoms with Crippen molar-refractivity contribution in [3.05, 3.63) is 34.9 Å². The summed E-state index contributed by atoms with van der Waals surface area (Å²) in [4.78, 5) is 11.6. The van der Waals surface area contributed by atoms with E-state index in [4.69, 9.17) is 11.6 Å². The van der Waals surface area contributed by atoms with Crippen LogP contribution in [0.3, 0.4) is 0 Å². The molecule has 2 N–H and O–H groups in total. The first-order valence-corrected chi connectivity index (χ1v) is 6.62. The highest BCUT2D eigenvalue weighted by atomic mass is 35.5. The zero-order valence-electron chi connectivity index (χ0n) is 11.2. The zero-order valence-corrected chi connectivity index (χ0v) is 11.9. The Labute approximate surface area is 114 Å². The number of halogens is 1. The molecule has 100 valence electrons. The fourth-order valence-corrected chi connectivity index (χ4v) is 1.72. The van der Waals surface area contributed by atoms with E-state index in [1.165, 1.54) is 0 Å². The van der Waals surface area contributed by atoms with Gasteiger partial charge in [-0.2, -0.15) is 0 Å². The maximum atomic E-state index is 11.6. The highest BCUT2D eigenvalue weighted by molar-refractivity contribution is 6.30. The fraction of sp³-hybridized carbons (Fsp3) is 0.500. The minimum absolute atomic E-state index is 0.0255. The average molecular weight is 269 g/mol. The molecular weight excluding hydrogens is 248 g/mol. The maximum Gasteiger partial charge on any atom is 0.233 e. The third-order valence-electron chi connectivity index (χ3n) is 2.62. The van der Waals surface area contributed by atoms with E-state index in [1.807, 2.05) is 31.2 Å². The Balaban J connectivity index is 2.37. The van der Waals surface area contributed by atoms with Crippen LogP contribution in [-0.2, 0) is 4.79 Å². The second kappa shape index (κ2) is 7.39. The van der Waals surface area contributed by atoms with Crippen LogP contribution in [0.15, 0.2) is 24.3 Å². The van der Waals surface area contributed by atoms with E-state index in [9.17, 15) is 4.79 Å². The van der Waals surface area contributed by atoms with Crippen LogP contribution in [0.25, 0.3) is 0 Å². The van der Waals surface area contributed by atoms with Gasteiger partial charge in [-0.05, 0) is 30.5 Å². The standard InChI is InChI=1S/C14H21ClN2O/c1-10(2)8-17-14(18)9-16-11(3)12-5-4-6-13(15)7-12/h4-7,10-11,16H,8-9H2,1-3H3,(H,17,18)/t11-/m1/s1. The molecule has 0 radical (unpaired) electrons. The summed E-state index contributed by atoms with van der Waals surface area (Å²) in [6.45, 7) is 7.19. The lowest BCUT2D eigenvalue weighted by Crippen LogP contribution is -2.36. The molecule has 0 aliphatic rings. The summed E-state index contributed by atoms with van der Waals surface area (Å²) in [6, 6.07) is 7.76. The van der Waals surface area contributed by atoms with Gasteiger partial charge < -0.3 is 10.6 Å². The summed E-state index contributed by atoms with van der Waals surface area (Å²) in [5, 5.41) is 6.77. The Hall–Kier alpha value is -1.06. The Morgan fingerprint density at radius 2 is 2.06 bits per heavy atom. The van der Waals surface area contributed by atoms with Gasteiger partial charge in [0.1, 0.15) is 0 Å². The van der Waals surface area contributed by atoms with Crippen LogP contribution in [0.2, 0.25) is 5.02 Å². The summed E-state index contributed by atoms with van der Waals surface area (Å²) in [6.07, 6.45) is 0. The van der Waals surface area contributed by atoms with Gasteiger partial charge in [0.25, 0.3) is 0 Å². The van der Waals surface area contributed by atoms with Gasteiger partial charge in [0.15, 0.2) is 0 Å². The monoisotopic (exact) mass is 268 g/mol. The molecule has 18 heavy (non-hydrogen) atoms. The second-order valence-corrected chi connectivity index (χ2v) is 5.29. The number of nitrogens with one attached hydrogen (secondary N) is 2. The van der Waals surface area contributed by atoms with Gasteiger partial charge in [-0.25, -0.2) is 0 Å². The number of carbonyl (C=O) groups is 1. The molecule has 1 rings (SSSR count). The molecule has 1 aromatic carbocycles. The van der Waals surface area contributed by atoms with Gasteiger partial charge in [0.05, 0.1) is 6.54 Å². The highest BCUT2D eigenvalue weighted by Crippen LogP contribution is 2.16. The molecular formula is C14H21ClN2O. The molecule has 3 nitrogen and oxygen atoms in total. The van der Waals surface area contributed by atoms with E-state index < -0.39 is 0 Å². The third kappa shape index (κ3) is 5.52. The van der Waals surface area contributed by atoms with Crippen molar-refractivity contribution in [1.82, 2.24) is 10.6 Å². The lowest BCUT2D eigenvalue weighted by Gasteiger charge is -2.15. The summed E-state index contributed by atoms with van der Waals surface area (Å²) < 4.78 is 0. The van der Waals surface area contributed by atoms with Crippen molar-refractivity contribution in [3.63, 3.8) is 0 Å². The summed E-state index contributed by atoms with van der Waals surface area (Å²) >= 11 is 5.93. The maximum absolute atomic E-state index is 11.6. The Bertz CT molecular complexity index is 393. The average Bonchev–Trinajstić information content (AvgIpc) is 2.33. The number of hydrogen-bond acceptors (Lipinski definition) is 2. The minimum atomic E-state index is 0.0255. The van der Waals surface area contributed by atoms with Gasteiger partial charge in [-0.1, -0.05) is 37.6 Å². The summed E-state index contributed by atoms with van der Waals surface area (Å²) in [5.41, 5.74) is 1.08. The van der Waals surface area contributed by atoms with E-state index in [2.05, 4.69) is 24.5 Å². The number of benzene rings is 1. The van der Waals surface area contributed by atoms with E-state index in [1.54, 1.807) is 0 Å². The van der Waals surface area contributed by atoms with Crippen molar-refractivity contribution in [2.24, 2.45) is 5.92 Å². The molecule has 0 saturated heterocycles. The molecule has 4 heteroatoms. The molecule has 0 heterocycles. The van der Waals surface area contributed by atoms with E-state index in [0.29, 0.717) is 24.0 Å². The lowest BCUT2D eigenvalue weighted by molar-refractivity contribution is -0.120. The molecule has 0 saturated carbocycles. The summed E-state index contributed by atoms with van der Waals surface area (Å²) in [7, 11) is 0. The number of rotatable bonds is 6. The first-order valence-electron chi connectivity index (χ1n) is 6.24. The normalized spacial score (nSPS) is 12.5. The predicted octanol–water partition coefficient (Wildman–Crippen LogP) is 2.76. The largest absolute Gasteiger partial charge is 0.355 e. The number of amides is 1. The molecule has 1 amide bonds. The van der Waals surface area contributed by atoms with Gasteiger partial charge >= 0.3 is 0 Å². The van der Waals surface area contributed by atoms with Crippen molar-refractivity contribution in [3.8, 4) is 0 Å².